The zero-order valence-corrected chi connectivity index (χ0v) is 17.6. The van der Waals surface area contributed by atoms with Crippen molar-refractivity contribution in [1.82, 2.24) is 0 Å². The van der Waals surface area contributed by atoms with Gasteiger partial charge in [0.05, 0.1) is 13.2 Å². The van der Waals surface area contributed by atoms with E-state index in [1.807, 2.05) is 18.2 Å². The third-order valence-corrected chi connectivity index (χ3v) is 6.39. The van der Waals surface area contributed by atoms with Crippen molar-refractivity contribution in [3.63, 3.8) is 0 Å². The fourth-order valence-electron chi connectivity index (χ4n) is 4.81. The minimum absolute atomic E-state index is 0.200. The van der Waals surface area contributed by atoms with E-state index in [9.17, 15) is 4.79 Å². The van der Waals surface area contributed by atoms with Crippen LogP contribution in [0.1, 0.15) is 63.4 Å². The summed E-state index contributed by atoms with van der Waals surface area (Å²) in [6.45, 7) is 1.65. The van der Waals surface area contributed by atoms with E-state index in [1.54, 1.807) is 6.08 Å². The van der Waals surface area contributed by atoms with E-state index < -0.39 is 5.79 Å². The van der Waals surface area contributed by atoms with Crippen LogP contribution in [0.15, 0.2) is 42.5 Å². The number of ether oxygens (including phenoxy) is 2. The van der Waals surface area contributed by atoms with Gasteiger partial charge in [-0.1, -0.05) is 62.1 Å². The van der Waals surface area contributed by atoms with Crippen LogP contribution in [0.3, 0.4) is 0 Å². The molecular weight excluding hydrogens is 364 g/mol. The molecule has 1 aliphatic heterocycles. The lowest BCUT2D eigenvalue weighted by Gasteiger charge is -2.31. The van der Waals surface area contributed by atoms with E-state index in [0.717, 1.165) is 44.9 Å². The maximum Gasteiger partial charge on any atom is 0.171 e. The predicted molar refractivity (Wildman–Crippen MR) is 115 cm³/mol. The summed E-state index contributed by atoms with van der Waals surface area (Å²) in [5.74, 6) is 0.464. The third-order valence-electron chi connectivity index (χ3n) is 6.39. The van der Waals surface area contributed by atoms with Crippen molar-refractivity contribution in [1.29, 1.82) is 0 Å². The number of carbonyl (C=O) groups is 1. The normalized spacial score (nSPS) is 23.3. The number of allylic oxidation sites excluding steroid dienone is 2. The van der Waals surface area contributed by atoms with Crippen molar-refractivity contribution in [3.05, 3.63) is 48.0 Å². The molecule has 0 amide bonds. The Morgan fingerprint density at radius 2 is 1.79 bits per heavy atom. The highest BCUT2D eigenvalue weighted by Crippen LogP contribution is 2.48. The number of aliphatic hydroxyl groups excluding tert-OH is 1. The minimum atomic E-state index is -0.423. The molecule has 0 radical (unpaired) electrons. The molecule has 2 unspecified atom stereocenters. The Hall–Kier alpha value is -1.49. The van der Waals surface area contributed by atoms with E-state index in [-0.39, 0.29) is 5.78 Å². The van der Waals surface area contributed by atoms with Gasteiger partial charge in [0.25, 0.3) is 0 Å². The molecule has 2 atom stereocenters. The zero-order chi connectivity index (χ0) is 20.4. The van der Waals surface area contributed by atoms with Crippen LogP contribution in [0, 0.1) is 11.8 Å². The second-order valence-corrected chi connectivity index (χ2v) is 8.41. The summed E-state index contributed by atoms with van der Waals surface area (Å²) in [5.41, 5.74) is 1.21. The van der Waals surface area contributed by atoms with Gasteiger partial charge in [0, 0.05) is 25.4 Å². The fraction of sp³-hybridized carbons (Fsp3) is 0.640. The van der Waals surface area contributed by atoms with Gasteiger partial charge in [0.15, 0.2) is 11.6 Å². The largest absolute Gasteiger partial charge is 0.396 e. The van der Waals surface area contributed by atoms with Gasteiger partial charge in [-0.3, -0.25) is 4.79 Å². The third kappa shape index (κ3) is 6.50. The number of benzene rings is 1. The molecule has 29 heavy (non-hydrogen) atoms. The van der Waals surface area contributed by atoms with Gasteiger partial charge in [-0.15, -0.1) is 0 Å². The molecule has 1 aromatic carbocycles. The van der Waals surface area contributed by atoms with Gasteiger partial charge < -0.3 is 14.6 Å². The predicted octanol–water partition coefficient (Wildman–Crippen LogP) is 4.85. The number of hydrogen-bond donors (Lipinski definition) is 1. The van der Waals surface area contributed by atoms with Crippen molar-refractivity contribution < 1.29 is 19.4 Å². The molecule has 1 heterocycles. The summed E-state index contributed by atoms with van der Waals surface area (Å²) < 4.78 is 12.2. The molecule has 160 valence electrons. The highest BCUT2D eigenvalue weighted by Gasteiger charge is 2.51. The standard InChI is InChI=1S/C25H36O4/c26-18-8-3-1-2-7-11-24-22(16-17-25(24)28-19-20-29-25)13-15-23(27)14-12-21-9-5-4-6-10-21/h4-6,9-10,13,15,22,24,26H,1-3,7-8,11-12,14,16-20H2. The van der Waals surface area contributed by atoms with Crippen molar-refractivity contribution in [3.8, 4) is 0 Å². The van der Waals surface area contributed by atoms with Crippen LogP contribution >= 0.6 is 0 Å². The van der Waals surface area contributed by atoms with E-state index in [0.29, 0.717) is 38.1 Å². The van der Waals surface area contributed by atoms with Crippen molar-refractivity contribution in [2.75, 3.05) is 19.8 Å². The average molecular weight is 401 g/mol. The summed E-state index contributed by atoms with van der Waals surface area (Å²) in [5, 5.41) is 8.91. The van der Waals surface area contributed by atoms with Gasteiger partial charge in [-0.05, 0) is 43.2 Å². The smallest absolute Gasteiger partial charge is 0.171 e. The van der Waals surface area contributed by atoms with Gasteiger partial charge in [-0.2, -0.15) is 0 Å². The van der Waals surface area contributed by atoms with Gasteiger partial charge in [0.2, 0.25) is 0 Å². The van der Waals surface area contributed by atoms with Crippen LogP contribution in [0.25, 0.3) is 0 Å². The summed E-state index contributed by atoms with van der Waals surface area (Å²) in [6.07, 6.45) is 13.8. The molecule has 4 heteroatoms. The first-order valence-electron chi connectivity index (χ1n) is 11.4. The molecule has 1 aromatic rings. The van der Waals surface area contributed by atoms with Gasteiger partial charge in [-0.25, -0.2) is 0 Å². The van der Waals surface area contributed by atoms with Crippen LogP contribution in [-0.2, 0) is 20.7 Å². The molecule has 1 spiro atoms. The van der Waals surface area contributed by atoms with Gasteiger partial charge in [0.1, 0.15) is 0 Å². The van der Waals surface area contributed by atoms with Crippen molar-refractivity contribution >= 4 is 5.78 Å². The van der Waals surface area contributed by atoms with Crippen LogP contribution in [0.4, 0.5) is 0 Å². The number of ketones is 1. The van der Waals surface area contributed by atoms with E-state index >= 15 is 0 Å². The second kappa shape index (κ2) is 11.6. The fourth-order valence-corrected chi connectivity index (χ4v) is 4.81. The lowest BCUT2D eigenvalue weighted by molar-refractivity contribution is -0.186. The summed E-state index contributed by atoms with van der Waals surface area (Å²) >= 11 is 0. The van der Waals surface area contributed by atoms with E-state index in [2.05, 4.69) is 18.2 Å². The Bertz CT molecular complexity index is 633. The van der Waals surface area contributed by atoms with Crippen molar-refractivity contribution in [2.24, 2.45) is 11.8 Å². The minimum Gasteiger partial charge on any atom is -0.396 e. The topological polar surface area (TPSA) is 55.8 Å². The summed E-state index contributed by atoms with van der Waals surface area (Å²) in [4.78, 5) is 12.4. The van der Waals surface area contributed by atoms with Crippen LogP contribution in [-0.4, -0.2) is 36.5 Å². The lowest BCUT2D eigenvalue weighted by atomic mass is 9.87. The monoisotopic (exact) mass is 400 g/mol. The Morgan fingerprint density at radius 3 is 2.55 bits per heavy atom. The maximum absolute atomic E-state index is 12.4. The molecular formula is C25H36O4. The molecule has 0 aromatic heterocycles. The molecule has 3 rings (SSSR count). The number of aliphatic hydroxyl groups is 1. The molecule has 2 aliphatic rings. The van der Waals surface area contributed by atoms with Crippen molar-refractivity contribution in [2.45, 2.75) is 70.0 Å². The highest BCUT2D eigenvalue weighted by atomic mass is 16.7. The first-order chi connectivity index (χ1) is 14.2. The van der Waals surface area contributed by atoms with E-state index in [1.165, 1.54) is 18.4 Å². The Balaban J connectivity index is 1.50. The Kier molecular flexibility index (Phi) is 8.91. The number of aryl methyl sites for hydroxylation is 1. The lowest BCUT2D eigenvalue weighted by Crippen LogP contribution is -2.36. The summed E-state index contributed by atoms with van der Waals surface area (Å²) in [6, 6.07) is 10.2. The van der Waals surface area contributed by atoms with Gasteiger partial charge >= 0.3 is 0 Å². The Morgan fingerprint density at radius 1 is 1.07 bits per heavy atom. The highest BCUT2D eigenvalue weighted by molar-refractivity contribution is 5.89. The summed E-state index contributed by atoms with van der Waals surface area (Å²) in [7, 11) is 0. The maximum atomic E-state index is 12.4. The van der Waals surface area contributed by atoms with E-state index in [4.69, 9.17) is 14.6 Å². The first-order valence-corrected chi connectivity index (χ1v) is 11.4. The molecule has 1 N–H and O–H groups in total. The molecule has 1 aliphatic carbocycles. The number of hydrogen-bond acceptors (Lipinski definition) is 4. The molecule has 1 saturated heterocycles. The molecule has 2 fully saturated rings. The first kappa shape index (κ1) is 22.2. The molecule has 1 saturated carbocycles. The molecule has 0 bridgehead atoms. The Labute approximate surface area is 175 Å². The average Bonchev–Trinajstić information content (AvgIpc) is 3.36. The zero-order valence-electron chi connectivity index (χ0n) is 17.6. The van der Waals surface area contributed by atoms with Crippen LogP contribution in [0.5, 0.6) is 0 Å². The van der Waals surface area contributed by atoms with Crippen LogP contribution < -0.4 is 0 Å². The number of unbranched alkanes of at least 4 members (excludes halogenated alkanes) is 4. The second-order valence-electron chi connectivity index (χ2n) is 8.41. The SMILES string of the molecule is O=C(C=CC1CCC2(OCCO2)C1CCCCCCCO)CCc1ccccc1. The molecule has 4 nitrogen and oxygen atoms in total. The number of rotatable bonds is 12. The van der Waals surface area contributed by atoms with Crippen LogP contribution in [0.2, 0.25) is 0 Å². The number of carbonyl (C=O) groups excluding carboxylic acids is 1. The quantitative estimate of drug-likeness (QED) is 0.403.